The molecule has 4 aromatic rings. The van der Waals surface area contributed by atoms with Crippen molar-refractivity contribution in [2.24, 2.45) is 12.5 Å². The summed E-state index contributed by atoms with van der Waals surface area (Å²) in [5.41, 5.74) is 10.3. The SMILES string of the molecule is Cc1cc(C)c(C)c(-c2c3cc(-c4ccc(CC(C)(C)C)cn4)ccc3cc[n+]2C)c1. The van der Waals surface area contributed by atoms with Gasteiger partial charge in [0.25, 0.3) is 0 Å². The maximum Gasteiger partial charge on any atom is 0.220 e. The average Bonchev–Trinajstić information content (AvgIpc) is 2.70. The van der Waals surface area contributed by atoms with E-state index in [9.17, 15) is 0 Å². The highest BCUT2D eigenvalue weighted by molar-refractivity contribution is 5.96. The fourth-order valence-electron chi connectivity index (χ4n) is 4.46. The van der Waals surface area contributed by atoms with Crippen molar-refractivity contribution in [2.45, 2.75) is 48.0 Å². The third kappa shape index (κ3) is 4.39. The van der Waals surface area contributed by atoms with Crippen LogP contribution < -0.4 is 4.57 Å². The van der Waals surface area contributed by atoms with Crippen molar-refractivity contribution < 1.29 is 4.57 Å². The fraction of sp³-hybridized carbons (Fsp3) is 0.310. The van der Waals surface area contributed by atoms with Gasteiger partial charge in [-0.05, 0) is 72.9 Å². The number of fused-ring (bicyclic) bond motifs is 1. The second-order valence-corrected chi connectivity index (χ2v) is 10.1. The van der Waals surface area contributed by atoms with E-state index in [0.717, 1.165) is 17.7 Å². The summed E-state index contributed by atoms with van der Waals surface area (Å²) < 4.78 is 2.24. The maximum absolute atomic E-state index is 4.80. The molecule has 0 amide bonds. The van der Waals surface area contributed by atoms with Crippen LogP contribution in [0.25, 0.3) is 33.3 Å². The maximum atomic E-state index is 4.80. The molecule has 0 saturated carbocycles. The molecule has 0 atom stereocenters. The van der Waals surface area contributed by atoms with Crippen molar-refractivity contribution in [2.75, 3.05) is 0 Å². The van der Waals surface area contributed by atoms with Gasteiger partial charge in [-0.3, -0.25) is 4.98 Å². The van der Waals surface area contributed by atoms with Crippen molar-refractivity contribution in [1.29, 1.82) is 0 Å². The minimum absolute atomic E-state index is 0.263. The predicted octanol–water partition coefficient (Wildman–Crippen LogP) is 6.91. The molecule has 2 nitrogen and oxygen atoms in total. The third-order valence-corrected chi connectivity index (χ3v) is 6.06. The first-order valence-corrected chi connectivity index (χ1v) is 11.1. The minimum atomic E-state index is 0.263. The molecule has 0 aliphatic carbocycles. The molecular formula is C29H33N2+. The Morgan fingerprint density at radius 1 is 0.903 bits per heavy atom. The van der Waals surface area contributed by atoms with Gasteiger partial charge in [0, 0.05) is 17.8 Å². The van der Waals surface area contributed by atoms with Crippen molar-refractivity contribution in [1.82, 2.24) is 4.98 Å². The normalized spacial score (nSPS) is 11.8. The van der Waals surface area contributed by atoms with E-state index in [1.807, 2.05) is 6.20 Å². The Balaban J connectivity index is 1.86. The third-order valence-electron chi connectivity index (χ3n) is 6.06. The van der Waals surface area contributed by atoms with Crippen LogP contribution in [0.4, 0.5) is 0 Å². The molecule has 2 aromatic heterocycles. The molecule has 31 heavy (non-hydrogen) atoms. The van der Waals surface area contributed by atoms with Crippen molar-refractivity contribution in [3.05, 3.63) is 83.2 Å². The van der Waals surface area contributed by atoms with Gasteiger partial charge < -0.3 is 0 Å². The van der Waals surface area contributed by atoms with Gasteiger partial charge in [-0.15, -0.1) is 0 Å². The van der Waals surface area contributed by atoms with Crippen LogP contribution in [0, 0.1) is 26.2 Å². The van der Waals surface area contributed by atoms with Crippen LogP contribution in [0.15, 0.2) is 60.9 Å². The molecule has 0 bridgehead atoms. The lowest BCUT2D eigenvalue weighted by Gasteiger charge is -2.17. The van der Waals surface area contributed by atoms with Crippen molar-refractivity contribution >= 4 is 10.8 Å². The Hall–Kier alpha value is -3.00. The van der Waals surface area contributed by atoms with E-state index in [4.69, 9.17) is 4.98 Å². The highest BCUT2D eigenvalue weighted by Crippen LogP contribution is 2.33. The van der Waals surface area contributed by atoms with Crippen LogP contribution in [0.1, 0.15) is 43.0 Å². The zero-order valence-electron chi connectivity index (χ0n) is 19.9. The second kappa shape index (κ2) is 7.92. The first kappa shape index (κ1) is 21.2. The largest absolute Gasteiger partial charge is 0.256 e. The number of hydrogen-bond donors (Lipinski definition) is 0. The molecular weight excluding hydrogens is 376 g/mol. The molecule has 2 aromatic carbocycles. The Kier molecular flexibility index (Phi) is 5.43. The average molecular weight is 410 g/mol. The van der Waals surface area contributed by atoms with Crippen molar-refractivity contribution in [3.63, 3.8) is 0 Å². The molecule has 0 fully saturated rings. The summed E-state index contributed by atoms with van der Waals surface area (Å²) in [6.45, 7) is 13.4. The van der Waals surface area contributed by atoms with Crippen molar-refractivity contribution in [3.8, 4) is 22.5 Å². The van der Waals surface area contributed by atoms with E-state index in [1.165, 1.54) is 44.3 Å². The lowest BCUT2D eigenvalue weighted by atomic mass is 9.88. The number of benzene rings is 2. The van der Waals surface area contributed by atoms with Gasteiger partial charge in [-0.2, -0.15) is 0 Å². The fourth-order valence-corrected chi connectivity index (χ4v) is 4.46. The topological polar surface area (TPSA) is 16.8 Å². The molecule has 0 N–H and O–H groups in total. The van der Waals surface area contributed by atoms with Gasteiger partial charge in [0.2, 0.25) is 5.69 Å². The van der Waals surface area contributed by atoms with Crippen LogP contribution in [-0.2, 0) is 13.5 Å². The number of pyridine rings is 2. The highest BCUT2D eigenvalue weighted by Gasteiger charge is 2.19. The number of nitrogens with zero attached hydrogens (tertiary/aromatic N) is 2. The lowest BCUT2D eigenvalue weighted by Crippen LogP contribution is -2.30. The Labute approximate surface area is 186 Å². The van der Waals surface area contributed by atoms with Crippen LogP contribution >= 0.6 is 0 Å². The smallest absolute Gasteiger partial charge is 0.220 e. The number of rotatable bonds is 3. The molecule has 0 aliphatic rings. The van der Waals surface area contributed by atoms with E-state index in [2.05, 4.69) is 108 Å². The summed E-state index contributed by atoms with van der Waals surface area (Å²) in [6, 6.07) is 17.9. The lowest BCUT2D eigenvalue weighted by molar-refractivity contribution is -0.659. The Morgan fingerprint density at radius 3 is 2.35 bits per heavy atom. The molecule has 4 rings (SSSR count). The van der Waals surface area contributed by atoms with Gasteiger partial charge in [0.1, 0.15) is 7.05 Å². The molecule has 0 aliphatic heterocycles. The molecule has 0 radical (unpaired) electrons. The van der Waals surface area contributed by atoms with Gasteiger partial charge in [-0.25, -0.2) is 4.57 Å². The van der Waals surface area contributed by atoms with Gasteiger partial charge in [0.05, 0.1) is 16.6 Å². The first-order valence-electron chi connectivity index (χ1n) is 11.1. The zero-order chi connectivity index (χ0) is 22.3. The minimum Gasteiger partial charge on any atom is -0.256 e. The Bertz CT molecular complexity index is 1260. The van der Waals surface area contributed by atoms with Gasteiger partial charge in [-0.1, -0.05) is 50.6 Å². The van der Waals surface area contributed by atoms with E-state index < -0.39 is 0 Å². The van der Waals surface area contributed by atoms with Crippen LogP contribution in [0.5, 0.6) is 0 Å². The summed E-state index contributed by atoms with van der Waals surface area (Å²) in [4.78, 5) is 4.80. The van der Waals surface area contributed by atoms with Crippen LogP contribution in [0.2, 0.25) is 0 Å². The molecule has 2 heteroatoms. The molecule has 158 valence electrons. The van der Waals surface area contributed by atoms with E-state index in [-0.39, 0.29) is 5.41 Å². The molecule has 0 unspecified atom stereocenters. The predicted molar refractivity (Wildman–Crippen MR) is 131 cm³/mol. The van der Waals surface area contributed by atoms with E-state index >= 15 is 0 Å². The summed E-state index contributed by atoms with van der Waals surface area (Å²) in [6.07, 6.45) is 5.22. The Morgan fingerprint density at radius 2 is 1.68 bits per heavy atom. The molecule has 0 spiro atoms. The summed E-state index contributed by atoms with van der Waals surface area (Å²) in [5, 5.41) is 2.51. The standard InChI is InChI=1S/C29H33N2/c1-19-14-20(2)21(3)25(15-19)28-26-16-24(10-9-23(26)12-13-31(28)7)27-11-8-22(18-30-27)17-29(4,5)6/h8-16,18H,17H2,1-7H3/q+1. The van der Waals surface area contributed by atoms with E-state index in [1.54, 1.807) is 0 Å². The van der Waals surface area contributed by atoms with Gasteiger partial charge in [0.15, 0.2) is 6.20 Å². The monoisotopic (exact) mass is 409 g/mol. The summed E-state index contributed by atoms with van der Waals surface area (Å²) in [5.74, 6) is 0. The summed E-state index contributed by atoms with van der Waals surface area (Å²) >= 11 is 0. The van der Waals surface area contributed by atoms with Gasteiger partial charge >= 0.3 is 0 Å². The number of hydrogen-bond acceptors (Lipinski definition) is 1. The number of aromatic nitrogens is 2. The van der Waals surface area contributed by atoms with E-state index in [0.29, 0.717) is 0 Å². The van der Waals surface area contributed by atoms with Crippen LogP contribution in [0.3, 0.4) is 0 Å². The summed E-state index contributed by atoms with van der Waals surface area (Å²) in [7, 11) is 2.14. The second-order valence-electron chi connectivity index (χ2n) is 10.1. The first-order chi connectivity index (χ1) is 14.6. The molecule has 2 heterocycles. The quantitative estimate of drug-likeness (QED) is 0.336. The zero-order valence-corrected chi connectivity index (χ0v) is 19.9. The number of aryl methyl sites for hydroxylation is 3. The highest BCUT2D eigenvalue weighted by atomic mass is 14.9. The van der Waals surface area contributed by atoms with Crippen LogP contribution in [-0.4, -0.2) is 4.98 Å². The molecule has 0 saturated heterocycles.